The molecular weight excluding hydrogens is 158 g/mol. The molecule has 6 heteroatoms. The summed E-state index contributed by atoms with van der Waals surface area (Å²) < 4.78 is 0. The van der Waals surface area contributed by atoms with Crippen LogP contribution in [0.25, 0.3) is 0 Å². The van der Waals surface area contributed by atoms with Crippen LogP contribution >= 0.6 is 0 Å². The van der Waals surface area contributed by atoms with Crippen LogP contribution in [0.1, 0.15) is 5.69 Å². The molecule has 0 aliphatic rings. The lowest BCUT2D eigenvalue weighted by molar-refractivity contribution is 0.243. The molecule has 0 aliphatic heterocycles. The number of hydrogen-bond donors (Lipinski definition) is 3. The highest BCUT2D eigenvalue weighted by Gasteiger charge is 1.90. The van der Waals surface area contributed by atoms with Gasteiger partial charge in [-0.25, -0.2) is 10.2 Å². The van der Waals surface area contributed by atoms with Crippen molar-refractivity contribution in [3.63, 3.8) is 0 Å². The Morgan fingerprint density at radius 1 is 1.83 bits per heavy atom. The van der Waals surface area contributed by atoms with Gasteiger partial charge in [0, 0.05) is 13.2 Å². The lowest BCUT2D eigenvalue weighted by Crippen LogP contribution is -2.28. The van der Waals surface area contributed by atoms with Crippen molar-refractivity contribution in [3.8, 4) is 0 Å². The highest BCUT2D eigenvalue weighted by Crippen LogP contribution is 1.83. The molecule has 0 unspecified atom stereocenters. The quantitative estimate of drug-likeness (QED) is 0.416. The molecule has 1 aromatic rings. The van der Waals surface area contributed by atoms with Gasteiger partial charge in [-0.2, -0.15) is 10.2 Å². The zero-order valence-electron chi connectivity index (χ0n) is 6.53. The second kappa shape index (κ2) is 4.12. The minimum absolute atomic E-state index is 0.356. The first-order valence-corrected chi connectivity index (χ1v) is 3.33. The average Bonchev–Trinajstić information content (AvgIpc) is 2.57. The Kier molecular flexibility index (Phi) is 2.83. The van der Waals surface area contributed by atoms with Gasteiger partial charge in [0.1, 0.15) is 0 Å². The van der Waals surface area contributed by atoms with E-state index in [0.29, 0.717) is 0 Å². The lowest BCUT2D eigenvalue weighted by Gasteiger charge is -1.94. The Hall–Kier alpha value is -1.85. The number of hydrazone groups is 1. The second-order valence-electron chi connectivity index (χ2n) is 1.96. The van der Waals surface area contributed by atoms with E-state index in [9.17, 15) is 4.79 Å². The van der Waals surface area contributed by atoms with Crippen molar-refractivity contribution in [2.24, 2.45) is 5.10 Å². The maximum atomic E-state index is 10.6. The predicted molar refractivity (Wildman–Crippen MR) is 43.8 cm³/mol. The Labute approximate surface area is 69.1 Å². The Morgan fingerprint density at radius 3 is 3.25 bits per heavy atom. The molecule has 0 bridgehead atoms. The molecule has 12 heavy (non-hydrogen) atoms. The smallest absolute Gasteiger partial charge is 0.334 e. The number of amides is 2. The first kappa shape index (κ1) is 8.25. The number of aromatic amines is 1. The summed E-state index contributed by atoms with van der Waals surface area (Å²) in [5.74, 6) is 0. The van der Waals surface area contributed by atoms with Crippen LogP contribution in [-0.4, -0.2) is 29.5 Å². The summed E-state index contributed by atoms with van der Waals surface area (Å²) in [6, 6.07) is 1.38. The largest absolute Gasteiger partial charge is 0.340 e. The van der Waals surface area contributed by atoms with Gasteiger partial charge in [0.05, 0.1) is 11.9 Å². The minimum Gasteiger partial charge on any atom is -0.340 e. The van der Waals surface area contributed by atoms with E-state index in [2.05, 4.69) is 26.0 Å². The molecule has 0 radical (unpaired) electrons. The number of H-pyrrole nitrogens is 1. The van der Waals surface area contributed by atoms with Crippen molar-refractivity contribution in [2.45, 2.75) is 0 Å². The fourth-order valence-corrected chi connectivity index (χ4v) is 0.555. The van der Waals surface area contributed by atoms with Crippen molar-refractivity contribution in [3.05, 3.63) is 18.0 Å². The predicted octanol–water partition coefficient (Wildman–Crippen LogP) is -0.327. The van der Waals surface area contributed by atoms with Gasteiger partial charge in [0.15, 0.2) is 0 Å². The van der Waals surface area contributed by atoms with Gasteiger partial charge in [0.2, 0.25) is 0 Å². The number of rotatable bonds is 2. The van der Waals surface area contributed by atoms with Crippen molar-refractivity contribution >= 4 is 12.2 Å². The number of carbonyl (C=O) groups is 1. The van der Waals surface area contributed by atoms with E-state index in [1.165, 1.54) is 13.3 Å². The molecule has 0 atom stereocenters. The molecule has 2 amide bonds. The molecule has 0 fully saturated rings. The van der Waals surface area contributed by atoms with Crippen LogP contribution < -0.4 is 10.7 Å². The van der Waals surface area contributed by atoms with E-state index in [-0.39, 0.29) is 6.03 Å². The van der Waals surface area contributed by atoms with Gasteiger partial charge < -0.3 is 5.32 Å². The number of nitrogens with zero attached hydrogens (tertiary/aromatic N) is 2. The zero-order chi connectivity index (χ0) is 8.81. The van der Waals surface area contributed by atoms with Crippen LogP contribution in [0.5, 0.6) is 0 Å². The molecule has 1 aromatic heterocycles. The molecule has 0 aromatic carbocycles. The molecule has 6 nitrogen and oxygen atoms in total. The highest BCUT2D eigenvalue weighted by molar-refractivity contribution is 5.79. The molecular formula is C6H9N5O. The lowest BCUT2D eigenvalue weighted by atomic mass is 10.5. The monoisotopic (exact) mass is 167 g/mol. The SMILES string of the molecule is CNC(=O)N/N=C/c1ccn[nH]1. The molecule has 1 heterocycles. The van der Waals surface area contributed by atoms with Crippen molar-refractivity contribution < 1.29 is 4.79 Å². The van der Waals surface area contributed by atoms with Crippen LogP contribution in [0, 0.1) is 0 Å². The van der Waals surface area contributed by atoms with E-state index in [4.69, 9.17) is 0 Å². The second-order valence-corrected chi connectivity index (χ2v) is 1.96. The van der Waals surface area contributed by atoms with Crippen LogP contribution in [0.3, 0.4) is 0 Å². The van der Waals surface area contributed by atoms with Gasteiger partial charge in [0.25, 0.3) is 0 Å². The standard InChI is InChI=1S/C6H9N5O/c1-7-6(12)11-9-4-5-2-3-8-10-5/h2-4H,1H3,(H,8,10)(H2,7,11,12)/b9-4+. The molecule has 3 N–H and O–H groups in total. The third kappa shape index (κ3) is 2.41. The zero-order valence-corrected chi connectivity index (χ0v) is 6.53. The van der Waals surface area contributed by atoms with Crippen LogP contribution in [0.2, 0.25) is 0 Å². The van der Waals surface area contributed by atoms with E-state index < -0.39 is 0 Å². The highest BCUT2D eigenvalue weighted by atomic mass is 16.2. The van der Waals surface area contributed by atoms with E-state index in [1.807, 2.05) is 0 Å². The third-order valence-electron chi connectivity index (χ3n) is 1.12. The summed E-state index contributed by atoms with van der Waals surface area (Å²) >= 11 is 0. The Morgan fingerprint density at radius 2 is 2.67 bits per heavy atom. The number of nitrogens with one attached hydrogen (secondary N) is 3. The number of carbonyl (C=O) groups excluding carboxylic acids is 1. The van der Waals surface area contributed by atoms with Gasteiger partial charge >= 0.3 is 6.03 Å². The molecule has 1 rings (SSSR count). The summed E-state index contributed by atoms with van der Waals surface area (Å²) in [6.45, 7) is 0. The van der Waals surface area contributed by atoms with Crippen molar-refractivity contribution in [2.75, 3.05) is 7.05 Å². The normalized spacial score (nSPS) is 10.1. The summed E-state index contributed by atoms with van der Waals surface area (Å²) in [6.07, 6.45) is 3.06. The number of hydrogen-bond acceptors (Lipinski definition) is 3. The Balaban J connectivity index is 2.37. The van der Waals surface area contributed by atoms with Crippen molar-refractivity contribution in [1.29, 1.82) is 0 Å². The fourth-order valence-electron chi connectivity index (χ4n) is 0.555. The van der Waals surface area contributed by atoms with Crippen LogP contribution in [-0.2, 0) is 0 Å². The first-order valence-electron chi connectivity index (χ1n) is 3.33. The van der Waals surface area contributed by atoms with Crippen LogP contribution in [0.4, 0.5) is 4.79 Å². The van der Waals surface area contributed by atoms with Crippen molar-refractivity contribution in [1.82, 2.24) is 20.9 Å². The molecule has 0 spiro atoms. The fraction of sp³-hybridized carbons (Fsp3) is 0.167. The summed E-state index contributed by atoms with van der Waals surface area (Å²) in [7, 11) is 1.51. The molecule has 64 valence electrons. The van der Waals surface area contributed by atoms with Crippen LogP contribution in [0.15, 0.2) is 17.4 Å². The first-order chi connectivity index (χ1) is 5.83. The molecule has 0 saturated carbocycles. The maximum Gasteiger partial charge on any atom is 0.334 e. The Bertz CT molecular complexity index is 265. The minimum atomic E-state index is -0.356. The van der Waals surface area contributed by atoms with Gasteiger partial charge in [-0.05, 0) is 6.07 Å². The number of urea groups is 1. The summed E-state index contributed by atoms with van der Waals surface area (Å²) in [5, 5.41) is 12.3. The van der Waals surface area contributed by atoms with Gasteiger partial charge in [-0.1, -0.05) is 0 Å². The van der Waals surface area contributed by atoms with E-state index in [1.54, 1.807) is 12.3 Å². The summed E-state index contributed by atoms with van der Waals surface area (Å²) in [5.41, 5.74) is 2.97. The van der Waals surface area contributed by atoms with Gasteiger partial charge in [-0.15, -0.1) is 0 Å². The third-order valence-corrected chi connectivity index (χ3v) is 1.12. The summed E-state index contributed by atoms with van der Waals surface area (Å²) in [4.78, 5) is 10.6. The topological polar surface area (TPSA) is 82.2 Å². The number of aromatic nitrogens is 2. The maximum absolute atomic E-state index is 10.6. The van der Waals surface area contributed by atoms with E-state index in [0.717, 1.165) is 5.69 Å². The molecule has 0 aliphatic carbocycles. The van der Waals surface area contributed by atoms with Gasteiger partial charge in [-0.3, -0.25) is 5.10 Å². The molecule has 0 saturated heterocycles. The average molecular weight is 167 g/mol. The van der Waals surface area contributed by atoms with E-state index >= 15 is 0 Å².